The number of alkyl halides is 1. The van der Waals surface area contributed by atoms with Crippen molar-refractivity contribution >= 4 is 51.7 Å². The van der Waals surface area contributed by atoms with Gasteiger partial charge >= 0.3 is 0 Å². The fourth-order valence-corrected chi connectivity index (χ4v) is 7.52. The zero-order chi connectivity index (χ0) is 31.5. The molecule has 1 fully saturated rings. The molecule has 3 aromatic rings. The van der Waals surface area contributed by atoms with E-state index in [0.717, 1.165) is 82.4 Å². The number of rotatable bonds is 5. The topological polar surface area (TPSA) is 100 Å². The Bertz CT molecular complexity index is 1820. The monoisotopic (exact) mass is 660 g/mol. The van der Waals surface area contributed by atoms with Crippen LogP contribution in [0.25, 0.3) is 5.57 Å². The predicted octanol–water partition coefficient (Wildman–Crippen LogP) is 4.12. The summed E-state index contributed by atoms with van der Waals surface area (Å²) in [6.45, 7) is 4.63. The smallest absolute Gasteiger partial charge is 0.231 e. The molecule has 1 saturated heterocycles. The number of fused-ring (bicyclic) bond motifs is 4. The first-order valence-electron chi connectivity index (χ1n) is 15.1. The Balaban J connectivity index is 1.19. The summed E-state index contributed by atoms with van der Waals surface area (Å²) < 4.78 is 22.5. The van der Waals surface area contributed by atoms with Crippen molar-refractivity contribution in [3.8, 4) is 23.0 Å². The lowest BCUT2D eigenvalue weighted by Crippen LogP contribution is -2.46. The summed E-state index contributed by atoms with van der Waals surface area (Å²) in [6, 6.07) is 12.2. The van der Waals surface area contributed by atoms with E-state index in [0.29, 0.717) is 23.4 Å². The van der Waals surface area contributed by atoms with Crippen molar-refractivity contribution in [1.82, 2.24) is 19.8 Å². The average molecular weight is 661 g/mol. The second-order valence-electron chi connectivity index (χ2n) is 11.9. The summed E-state index contributed by atoms with van der Waals surface area (Å²) in [4.78, 5) is 28.5. The molecule has 0 saturated carbocycles. The van der Waals surface area contributed by atoms with Crippen LogP contribution in [0, 0.1) is 0 Å². The molecule has 5 aliphatic rings. The van der Waals surface area contributed by atoms with Gasteiger partial charge < -0.3 is 33.6 Å². The summed E-state index contributed by atoms with van der Waals surface area (Å²) in [6.07, 6.45) is 0. The second kappa shape index (κ2) is 11.6. The third-order valence-corrected chi connectivity index (χ3v) is 9.74. The van der Waals surface area contributed by atoms with Gasteiger partial charge in [0.05, 0.1) is 5.56 Å². The van der Waals surface area contributed by atoms with E-state index in [1.807, 2.05) is 62.3 Å². The summed E-state index contributed by atoms with van der Waals surface area (Å²) >= 11 is 8.62. The minimum absolute atomic E-state index is 0.190. The highest BCUT2D eigenvalue weighted by molar-refractivity contribution is 8.14. The van der Waals surface area contributed by atoms with E-state index in [4.69, 9.17) is 50.5 Å². The Hall–Kier alpha value is -4.20. The summed E-state index contributed by atoms with van der Waals surface area (Å²) in [7, 11) is 7.76. The summed E-state index contributed by atoms with van der Waals surface area (Å²) in [5, 5.41) is 1.61. The molecule has 0 spiro atoms. The lowest BCUT2D eigenvalue weighted by molar-refractivity contribution is 0.173. The molecule has 1 unspecified atom stereocenters. The van der Waals surface area contributed by atoms with Gasteiger partial charge in [0.25, 0.3) is 0 Å². The number of benzene rings is 2. The van der Waals surface area contributed by atoms with Gasteiger partial charge in [-0.25, -0.2) is 15.0 Å². The SMILES string of the molecule is CN(C)C1=NC(Cl)C2=C(c3ccc4c(c3)OCO4)c3c(nc(N(C)C)nc3N3CCN(Cc4ccc5c(c4)OCO5)CC3)SC2=N1. The predicted molar refractivity (Wildman–Crippen MR) is 179 cm³/mol. The second-order valence-corrected chi connectivity index (χ2v) is 13.3. The molecule has 12 nitrogen and oxygen atoms in total. The van der Waals surface area contributed by atoms with Crippen molar-refractivity contribution in [1.29, 1.82) is 0 Å². The molecule has 1 atom stereocenters. The van der Waals surface area contributed by atoms with Gasteiger partial charge in [-0.1, -0.05) is 23.7 Å². The third kappa shape index (κ3) is 5.16. The minimum atomic E-state index is -0.647. The van der Waals surface area contributed by atoms with Crippen LogP contribution in [0.5, 0.6) is 23.0 Å². The zero-order valence-electron chi connectivity index (χ0n) is 26.0. The number of guanidine groups is 1. The first kappa shape index (κ1) is 29.2. The Morgan fingerprint density at radius 2 is 1.54 bits per heavy atom. The van der Waals surface area contributed by atoms with E-state index in [1.165, 1.54) is 17.3 Å². The maximum atomic E-state index is 7.10. The molecule has 46 heavy (non-hydrogen) atoms. The number of aliphatic imine (C=N–C) groups is 2. The van der Waals surface area contributed by atoms with Gasteiger partial charge in [-0.3, -0.25) is 4.90 Å². The lowest BCUT2D eigenvalue weighted by atomic mass is 9.92. The van der Waals surface area contributed by atoms with Crippen molar-refractivity contribution in [2.24, 2.45) is 9.98 Å². The highest BCUT2D eigenvalue weighted by Gasteiger charge is 2.38. The average Bonchev–Trinajstić information content (AvgIpc) is 3.72. The Kier molecular flexibility index (Phi) is 7.34. The van der Waals surface area contributed by atoms with E-state index in [1.54, 1.807) is 0 Å². The lowest BCUT2D eigenvalue weighted by Gasteiger charge is -2.38. The number of aromatic nitrogens is 2. The summed E-state index contributed by atoms with van der Waals surface area (Å²) in [5.74, 6) is 5.09. The molecule has 6 heterocycles. The number of piperazine rings is 1. The van der Waals surface area contributed by atoms with E-state index in [9.17, 15) is 0 Å². The van der Waals surface area contributed by atoms with Gasteiger partial charge in [-0.2, -0.15) is 4.98 Å². The number of hydrogen-bond donors (Lipinski definition) is 0. The van der Waals surface area contributed by atoms with Crippen LogP contribution in [-0.4, -0.2) is 104 Å². The fraction of sp³-hybridized carbons (Fsp3) is 0.375. The van der Waals surface area contributed by atoms with Gasteiger partial charge in [0.2, 0.25) is 25.5 Å². The van der Waals surface area contributed by atoms with Gasteiger partial charge in [-0.15, -0.1) is 0 Å². The van der Waals surface area contributed by atoms with Crippen molar-refractivity contribution < 1.29 is 18.9 Å². The standard InChI is InChI=1S/C32H33ClN8O4S/c1-38(2)31-34-27(33)25-24(19-6-8-21-23(14-19)45-17-43-21)26-28(35-32(39(3)4)37-30(26)46-29(25)36-31)41-11-9-40(10-12-41)15-18-5-7-20-22(13-18)44-16-42-20/h5-8,13-14,27H,9-12,15-17H2,1-4H3. The Morgan fingerprint density at radius 3 is 2.26 bits per heavy atom. The van der Waals surface area contributed by atoms with Crippen molar-refractivity contribution in [2.45, 2.75) is 17.1 Å². The van der Waals surface area contributed by atoms with Crippen LogP contribution in [0.4, 0.5) is 11.8 Å². The highest BCUT2D eigenvalue weighted by atomic mass is 35.5. The van der Waals surface area contributed by atoms with E-state index in [2.05, 4.69) is 21.9 Å². The molecule has 0 N–H and O–H groups in total. The van der Waals surface area contributed by atoms with E-state index in [-0.39, 0.29) is 13.6 Å². The minimum Gasteiger partial charge on any atom is -0.454 e. The molecule has 14 heteroatoms. The Labute approximate surface area is 276 Å². The molecular weight excluding hydrogens is 628 g/mol. The number of nitrogens with zero attached hydrogens (tertiary/aromatic N) is 8. The number of anilines is 2. The molecule has 0 radical (unpaired) electrons. The molecule has 1 aromatic heterocycles. The molecule has 2 aromatic carbocycles. The number of thioether (sulfide) groups is 1. The van der Waals surface area contributed by atoms with Crippen molar-refractivity contribution in [3.05, 3.63) is 58.7 Å². The normalized spacial score (nSPS) is 19.8. The maximum Gasteiger partial charge on any atom is 0.231 e. The number of hydrogen-bond acceptors (Lipinski definition) is 13. The number of ether oxygens (including phenoxy) is 4. The molecular formula is C32H33ClN8O4S. The van der Waals surface area contributed by atoms with Crippen LogP contribution in [0.15, 0.2) is 57.0 Å². The third-order valence-electron chi connectivity index (χ3n) is 8.43. The van der Waals surface area contributed by atoms with Crippen LogP contribution in [0.2, 0.25) is 0 Å². The molecule has 0 aliphatic carbocycles. The van der Waals surface area contributed by atoms with Crippen LogP contribution in [-0.2, 0) is 6.54 Å². The molecule has 8 rings (SSSR count). The first-order valence-corrected chi connectivity index (χ1v) is 16.3. The molecule has 238 valence electrons. The fourth-order valence-electron chi connectivity index (χ4n) is 6.10. The quantitative estimate of drug-likeness (QED) is 0.224. The van der Waals surface area contributed by atoms with Crippen molar-refractivity contribution in [2.75, 3.05) is 77.8 Å². The number of halogens is 1. The molecule has 0 amide bonds. The summed E-state index contributed by atoms with van der Waals surface area (Å²) in [5.41, 5.74) is 4.16. The van der Waals surface area contributed by atoms with Crippen molar-refractivity contribution in [3.63, 3.8) is 0 Å². The van der Waals surface area contributed by atoms with Crippen LogP contribution < -0.4 is 28.7 Å². The zero-order valence-corrected chi connectivity index (χ0v) is 27.6. The maximum absolute atomic E-state index is 7.10. The van der Waals surface area contributed by atoms with Crippen LogP contribution in [0.3, 0.4) is 0 Å². The van der Waals surface area contributed by atoms with Crippen LogP contribution in [0.1, 0.15) is 16.7 Å². The van der Waals surface area contributed by atoms with Gasteiger partial charge in [0.15, 0.2) is 28.5 Å². The van der Waals surface area contributed by atoms with Gasteiger partial charge in [-0.05, 0) is 47.2 Å². The molecule has 0 bridgehead atoms. The molecule has 5 aliphatic heterocycles. The van der Waals surface area contributed by atoms with Crippen LogP contribution >= 0.6 is 23.4 Å². The van der Waals surface area contributed by atoms with Gasteiger partial charge in [0, 0.05) is 72.1 Å². The van der Waals surface area contributed by atoms with Gasteiger partial charge in [0.1, 0.15) is 15.9 Å². The first-order chi connectivity index (χ1) is 22.3. The largest absolute Gasteiger partial charge is 0.454 e. The van der Waals surface area contributed by atoms with E-state index >= 15 is 0 Å². The van der Waals surface area contributed by atoms with E-state index < -0.39 is 5.50 Å². The highest BCUT2D eigenvalue weighted by Crippen LogP contribution is 2.50. The Morgan fingerprint density at radius 1 is 0.848 bits per heavy atom.